The Morgan fingerprint density at radius 2 is 2.10 bits per heavy atom. The number of hydrogen-bond acceptors (Lipinski definition) is 5. The average molecular weight is 394 g/mol. The van der Waals surface area contributed by atoms with Crippen molar-refractivity contribution in [2.45, 2.75) is 44.6 Å². The predicted molar refractivity (Wildman–Crippen MR) is 103 cm³/mol. The van der Waals surface area contributed by atoms with Crippen LogP contribution >= 0.6 is 0 Å². The van der Waals surface area contributed by atoms with E-state index in [1.807, 2.05) is 24.3 Å². The van der Waals surface area contributed by atoms with Crippen molar-refractivity contribution in [1.82, 2.24) is 19.2 Å². The van der Waals surface area contributed by atoms with Gasteiger partial charge in [-0.3, -0.25) is 9.36 Å². The van der Waals surface area contributed by atoms with Crippen molar-refractivity contribution in [1.29, 1.82) is 0 Å². The number of benzene rings is 1. The van der Waals surface area contributed by atoms with Crippen molar-refractivity contribution in [3.05, 3.63) is 52.4 Å². The first-order chi connectivity index (χ1) is 14.1. The topological polar surface area (TPSA) is 82.5 Å². The zero-order chi connectivity index (χ0) is 19.6. The molecule has 1 aromatic carbocycles. The summed E-state index contributed by atoms with van der Waals surface area (Å²) in [7, 11) is 0. The lowest BCUT2D eigenvalue weighted by Crippen LogP contribution is -2.47. The summed E-state index contributed by atoms with van der Waals surface area (Å²) in [4.78, 5) is 27.5. The van der Waals surface area contributed by atoms with Crippen LogP contribution in [-0.2, 0) is 24.4 Å². The van der Waals surface area contributed by atoms with Crippen molar-refractivity contribution in [3.63, 3.8) is 0 Å². The van der Waals surface area contributed by atoms with Gasteiger partial charge in [-0.1, -0.05) is 18.2 Å². The van der Waals surface area contributed by atoms with Crippen LogP contribution in [0.3, 0.4) is 0 Å². The molecule has 4 heterocycles. The van der Waals surface area contributed by atoms with E-state index in [1.165, 1.54) is 12.8 Å². The maximum atomic E-state index is 13.0. The van der Waals surface area contributed by atoms with Crippen LogP contribution < -0.4 is 5.69 Å². The van der Waals surface area contributed by atoms with E-state index in [0.29, 0.717) is 62.3 Å². The van der Waals surface area contributed by atoms with E-state index in [-0.39, 0.29) is 11.6 Å². The van der Waals surface area contributed by atoms with Gasteiger partial charge >= 0.3 is 5.69 Å². The van der Waals surface area contributed by atoms with E-state index in [2.05, 4.69) is 5.10 Å². The molecular formula is C21H22N4O4. The first kappa shape index (κ1) is 17.0. The molecule has 2 aliphatic heterocycles. The van der Waals surface area contributed by atoms with Gasteiger partial charge in [0.1, 0.15) is 17.8 Å². The third-order valence-electron chi connectivity index (χ3n) is 6.32. The molecule has 6 rings (SSSR count). The van der Waals surface area contributed by atoms with Gasteiger partial charge in [-0.2, -0.15) is 5.10 Å². The molecule has 8 heteroatoms. The summed E-state index contributed by atoms with van der Waals surface area (Å²) in [5.41, 5.74) is 0.112. The molecule has 1 spiro atoms. The normalized spacial score (nSPS) is 23.8. The maximum absolute atomic E-state index is 13.0. The van der Waals surface area contributed by atoms with E-state index in [9.17, 15) is 9.59 Å². The van der Waals surface area contributed by atoms with Gasteiger partial charge in [0.05, 0.1) is 13.1 Å². The summed E-state index contributed by atoms with van der Waals surface area (Å²) in [6.07, 6.45) is 3.04. The first-order valence-corrected chi connectivity index (χ1v) is 10.2. The summed E-state index contributed by atoms with van der Waals surface area (Å²) in [6.45, 7) is 2.47. The van der Waals surface area contributed by atoms with E-state index in [4.69, 9.17) is 9.15 Å². The minimum absolute atomic E-state index is 0.0587. The highest BCUT2D eigenvalue weighted by molar-refractivity contribution is 5.96. The van der Waals surface area contributed by atoms with Crippen LogP contribution in [0.5, 0.6) is 0 Å². The molecule has 2 fully saturated rings. The number of rotatable bonds is 3. The number of nitrogens with zero attached hydrogens (tertiary/aromatic N) is 4. The third kappa shape index (κ3) is 2.81. The van der Waals surface area contributed by atoms with E-state index in [0.717, 1.165) is 5.39 Å². The van der Waals surface area contributed by atoms with Gasteiger partial charge in [-0.15, -0.1) is 0 Å². The number of likely N-dealkylation sites (tertiary alicyclic amines) is 1. The molecule has 3 aromatic rings. The van der Waals surface area contributed by atoms with Gasteiger partial charge in [0.2, 0.25) is 0 Å². The van der Waals surface area contributed by atoms with Crippen LogP contribution in [-0.4, -0.2) is 43.8 Å². The maximum Gasteiger partial charge on any atom is 0.346 e. The van der Waals surface area contributed by atoms with Crippen LogP contribution in [0, 0.1) is 5.92 Å². The lowest BCUT2D eigenvalue weighted by Gasteiger charge is -2.33. The van der Waals surface area contributed by atoms with Crippen molar-refractivity contribution in [3.8, 4) is 0 Å². The van der Waals surface area contributed by atoms with Crippen LogP contribution in [0.2, 0.25) is 0 Å². The molecule has 3 aliphatic rings. The Morgan fingerprint density at radius 1 is 1.24 bits per heavy atom. The molecule has 1 saturated heterocycles. The Hall–Kier alpha value is -2.87. The molecule has 29 heavy (non-hydrogen) atoms. The van der Waals surface area contributed by atoms with E-state index in [1.54, 1.807) is 20.2 Å². The van der Waals surface area contributed by atoms with Crippen LogP contribution in [0.15, 0.2) is 39.5 Å². The number of carbonyl (C=O) groups is 1. The predicted octanol–water partition coefficient (Wildman–Crippen LogP) is 2.02. The summed E-state index contributed by atoms with van der Waals surface area (Å²) < 4.78 is 15.2. The number of furan rings is 1. The largest absolute Gasteiger partial charge is 0.451 e. The summed E-state index contributed by atoms with van der Waals surface area (Å²) in [6, 6.07) is 9.38. The molecule has 0 radical (unpaired) electrons. The lowest BCUT2D eigenvalue weighted by atomic mass is 10.0. The Balaban J connectivity index is 1.22. The smallest absolute Gasteiger partial charge is 0.346 e. The van der Waals surface area contributed by atoms with Gasteiger partial charge in [0.15, 0.2) is 11.6 Å². The van der Waals surface area contributed by atoms with E-state index < -0.39 is 5.60 Å². The summed E-state index contributed by atoms with van der Waals surface area (Å²) in [5.74, 6) is 1.48. The Kier molecular flexibility index (Phi) is 3.56. The lowest BCUT2D eigenvalue weighted by molar-refractivity contribution is -0.0816. The zero-order valence-electron chi connectivity index (χ0n) is 16.0. The minimum Gasteiger partial charge on any atom is -0.451 e. The molecule has 0 N–H and O–H groups in total. The SMILES string of the molecule is O=C(c1cc2ccccc2o1)N1CCC2(C1)Cn1c(nn(CC3CC3)c1=O)CO2. The fraction of sp³-hybridized carbons (Fsp3) is 0.476. The Labute approximate surface area is 166 Å². The Bertz CT molecular complexity index is 1140. The number of ether oxygens (including phenoxy) is 1. The number of carbonyl (C=O) groups excluding carboxylic acids is 1. The van der Waals surface area contributed by atoms with Crippen molar-refractivity contribution in [2.75, 3.05) is 13.1 Å². The highest BCUT2D eigenvalue weighted by Gasteiger charge is 2.45. The highest BCUT2D eigenvalue weighted by atomic mass is 16.5. The zero-order valence-corrected chi connectivity index (χ0v) is 16.0. The summed E-state index contributed by atoms with van der Waals surface area (Å²) >= 11 is 0. The fourth-order valence-electron chi connectivity index (χ4n) is 4.47. The monoisotopic (exact) mass is 394 g/mol. The molecule has 2 aromatic heterocycles. The quantitative estimate of drug-likeness (QED) is 0.679. The molecule has 0 bridgehead atoms. The highest BCUT2D eigenvalue weighted by Crippen LogP contribution is 2.33. The molecular weight excluding hydrogens is 372 g/mol. The molecule has 8 nitrogen and oxygen atoms in total. The molecule has 1 atom stereocenters. The second-order valence-corrected chi connectivity index (χ2v) is 8.51. The van der Waals surface area contributed by atoms with Gasteiger partial charge in [0.25, 0.3) is 5.91 Å². The number of para-hydroxylation sites is 1. The van der Waals surface area contributed by atoms with Crippen LogP contribution in [0.1, 0.15) is 35.6 Å². The molecule has 1 amide bonds. The second kappa shape index (κ2) is 6.06. The Morgan fingerprint density at radius 3 is 2.93 bits per heavy atom. The van der Waals surface area contributed by atoms with Gasteiger partial charge in [-0.05, 0) is 37.3 Å². The van der Waals surface area contributed by atoms with Crippen LogP contribution in [0.25, 0.3) is 11.0 Å². The van der Waals surface area contributed by atoms with Crippen molar-refractivity contribution < 1.29 is 13.9 Å². The fourth-order valence-corrected chi connectivity index (χ4v) is 4.47. The number of amides is 1. The first-order valence-electron chi connectivity index (χ1n) is 10.2. The second-order valence-electron chi connectivity index (χ2n) is 8.51. The average Bonchev–Trinajstić information content (AvgIpc) is 3.18. The standard InChI is InChI=1S/C21H22N4O4/c26-19(17-9-15-3-1-2-4-16(15)29-17)23-8-7-21(12-23)13-24-18(11-28-21)22-25(20(24)27)10-14-5-6-14/h1-4,9,14H,5-8,10-13H2. The van der Waals surface area contributed by atoms with Crippen molar-refractivity contribution in [2.24, 2.45) is 5.92 Å². The van der Waals surface area contributed by atoms with Crippen LogP contribution in [0.4, 0.5) is 0 Å². The number of aromatic nitrogens is 3. The third-order valence-corrected chi connectivity index (χ3v) is 6.32. The number of fused-ring (bicyclic) bond motifs is 2. The van der Waals surface area contributed by atoms with E-state index >= 15 is 0 Å². The molecule has 150 valence electrons. The summed E-state index contributed by atoms with van der Waals surface area (Å²) in [5, 5.41) is 5.37. The minimum atomic E-state index is -0.536. The van der Waals surface area contributed by atoms with Gasteiger partial charge < -0.3 is 14.1 Å². The number of hydrogen-bond donors (Lipinski definition) is 0. The van der Waals surface area contributed by atoms with Gasteiger partial charge in [0, 0.05) is 18.5 Å². The molecule has 1 saturated carbocycles. The molecule has 1 unspecified atom stereocenters. The van der Waals surface area contributed by atoms with Gasteiger partial charge in [-0.25, -0.2) is 9.48 Å². The molecule has 1 aliphatic carbocycles. The van der Waals surface area contributed by atoms with Crippen molar-refractivity contribution >= 4 is 16.9 Å².